The predicted octanol–water partition coefficient (Wildman–Crippen LogP) is 11.3. The van der Waals surface area contributed by atoms with Crippen LogP contribution in [0.1, 0.15) is 117 Å². The summed E-state index contributed by atoms with van der Waals surface area (Å²) < 4.78 is 10.5. The van der Waals surface area contributed by atoms with Crippen LogP contribution in [0.25, 0.3) is 0 Å². The van der Waals surface area contributed by atoms with Crippen molar-refractivity contribution in [2.45, 2.75) is 123 Å². The molecule has 0 amide bonds. The zero-order valence-electron chi connectivity index (χ0n) is 29.9. The van der Waals surface area contributed by atoms with Gasteiger partial charge in [0, 0.05) is 12.8 Å². The lowest BCUT2D eigenvalue weighted by molar-refractivity contribution is -0.161. The zero-order valence-corrected chi connectivity index (χ0v) is 29.9. The van der Waals surface area contributed by atoms with Gasteiger partial charge in [0.15, 0.2) is 6.10 Å². The van der Waals surface area contributed by atoms with Crippen LogP contribution in [0.3, 0.4) is 0 Å². The SMILES string of the molecule is CCC=CCC=CCC=CCC=CCC=CCC=CCCC(=O)OC(CO)COC(=O)CCCCC=CCC=CCC=CCC=CCC. The Morgan fingerprint density at radius 3 is 1.25 bits per heavy atom. The van der Waals surface area contributed by atoms with Gasteiger partial charge in [-0.15, -0.1) is 0 Å². The Labute approximate surface area is 293 Å². The Balaban J connectivity index is 3.84. The average Bonchev–Trinajstić information content (AvgIpc) is 3.09. The highest BCUT2D eigenvalue weighted by Crippen LogP contribution is 2.06. The highest BCUT2D eigenvalue weighted by atomic mass is 16.6. The van der Waals surface area contributed by atoms with E-state index in [0.29, 0.717) is 12.8 Å². The summed E-state index contributed by atoms with van der Waals surface area (Å²) in [5.74, 6) is -0.754. The molecule has 1 atom stereocenters. The third-order valence-electron chi connectivity index (χ3n) is 6.76. The number of esters is 2. The van der Waals surface area contributed by atoms with E-state index in [2.05, 4.69) is 123 Å². The number of carbonyl (C=O) groups excluding carboxylic acids is 2. The third kappa shape index (κ3) is 35.2. The zero-order chi connectivity index (χ0) is 35.0. The number of aliphatic hydroxyl groups excluding tert-OH is 1. The molecule has 1 N–H and O–H groups in total. The maximum Gasteiger partial charge on any atom is 0.306 e. The number of hydrogen-bond donors (Lipinski definition) is 1. The number of aliphatic hydroxyl groups is 1. The van der Waals surface area contributed by atoms with Crippen LogP contribution in [-0.2, 0) is 19.1 Å². The molecule has 0 aliphatic carbocycles. The molecule has 0 aromatic heterocycles. The van der Waals surface area contributed by atoms with Gasteiger partial charge in [0.1, 0.15) is 6.61 Å². The minimum Gasteiger partial charge on any atom is -0.462 e. The van der Waals surface area contributed by atoms with Crippen LogP contribution in [0.4, 0.5) is 0 Å². The van der Waals surface area contributed by atoms with Crippen LogP contribution >= 0.6 is 0 Å². The number of hydrogen-bond acceptors (Lipinski definition) is 5. The molecule has 0 aliphatic rings. The molecule has 1 unspecified atom stereocenters. The van der Waals surface area contributed by atoms with Crippen molar-refractivity contribution in [3.05, 3.63) is 122 Å². The minimum atomic E-state index is -0.837. The molecule has 5 heteroatoms. The van der Waals surface area contributed by atoms with Crippen LogP contribution in [0.2, 0.25) is 0 Å². The summed E-state index contributed by atoms with van der Waals surface area (Å²) >= 11 is 0. The van der Waals surface area contributed by atoms with E-state index < -0.39 is 12.1 Å². The monoisotopic (exact) mass is 660 g/mol. The van der Waals surface area contributed by atoms with Crippen LogP contribution in [0.5, 0.6) is 0 Å². The van der Waals surface area contributed by atoms with Gasteiger partial charge in [0.25, 0.3) is 0 Å². The van der Waals surface area contributed by atoms with E-state index >= 15 is 0 Å². The van der Waals surface area contributed by atoms with Crippen LogP contribution in [0, 0.1) is 0 Å². The van der Waals surface area contributed by atoms with E-state index in [1.807, 2.05) is 12.2 Å². The summed E-state index contributed by atoms with van der Waals surface area (Å²) in [6.45, 7) is 3.77. The quantitative estimate of drug-likeness (QED) is 0.0471. The Morgan fingerprint density at radius 2 is 0.854 bits per heavy atom. The molecule has 0 aliphatic heterocycles. The van der Waals surface area contributed by atoms with Gasteiger partial charge in [0.2, 0.25) is 0 Å². The molecule has 48 heavy (non-hydrogen) atoms. The minimum absolute atomic E-state index is 0.127. The molecule has 0 bridgehead atoms. The summed E-state index contributed by atoms with van der Waals surface area (Å²) in [5, 5.41) is 9.52. The third-order valence-corrected chi connectivity index (χ3v) is 6.76. The average molecular weight is 661 g/mol. The van der Waals surface area contributed by atoms with Gasteiger partial charge in [-0.1, -0.05) is 135 Å². The van der Waals surface area contributed by atoms with Gasteiger partial charge >= 0.3 is 11.9 Å². The molecule has 0 aromatic carbocycles. The van der Waals surface area contributed by atoms with E-state index in [-0.39, 0.29) is 25.6 Å². The molecule has 0 spiro atoms. The van der Waals surface area contributed by atoms with Crippen molar-refractivity contribution < 1.29 is 24.2 Å². The normalized spacial score (nSPS) is 13.6. The second-order valence-corrected chi connectivity index (χ2v) is 11.2. The summed E-state index contributed by atoms with van der Waals surface area (Å²) in [4.78, 5) is 24.2. The highest BCUT2D eigenvalue weighted by molar-refractivity contribution is 5.70. The number of allylic oxidation sites excluding steroid dienone is 20. The maximum absolute atomic E-state index is 12.1. The molecular weight excluding hydrogens is 596 g/mol. The second-order valence-electron chi connectivity index (χ2n) is 11.2. The van der Waals surface area contributed by atoms with Crippen molar-refractivity contribution in [3.63, 3.8) is 0 Å². The first-order chi connectivity index (χ1) is 23.6. The van der Waals surface area contributed by atoms with E-state index in [0.717, 1.165) is 83.5 Å². The lowest BCUT2D eigenvalue weighted by Gasteiger charge is -2.15. The summed E-state index contributed by atoms with van der Waals surface area (Å²) in [5.41, 5.74) is 0. The fraction of sp³-hybridized carbons (Fsp3) is 0.488. The highest BCUT2D eigenvalue weighted by Gasteiger charge is 2.15. The lowest BCUT2D eigenvalue weighted by atomic mass is 10.2. The van der Waals surface area contributed by atoms with Crippen molar-refractivity contribution in [1.82, 2.24) is 0 Å². The standard InChI is InChI=1S/C43H64O5/c1-3-5-7-9-11-13-15-17-19-20-21-22-24-26-28-30-32-34-36-38-43(46)48-41(39-44)40-47-42(45)37-35-33-31-29-27-25-23-18-16-14-12-10-8-6-4-2/h5-8,11-14,17-19,21-23,26-29,32,34,41,44H,3-4,9-10,15-16,20,24-25,30-31,33,35-40H2,1-2H3. The number of carbonyl (C=O) groups is 2. The molecule has 266 valence electrons. The van der Waals surface area contributed by atoms with Gasteiger partial charge < -0.3 is 14.6 Å². The first-order valence-corrected chi connectivity index (χ1v) is 18.1. The molecule has 0 rings (SSSR count). The number of unbranched alkanes of at least 4 members (excludes halogenated alkanes) is 2. The van der Waals surface area contributed by atoms with Crippen molar-refractivity contribution >= 4 is 11.9 Å². The van der Waals surface area contributed by atoms with Crippen LogP contribution in [0.15, 0.2) is 122 Å². The Hall–Kier alpha value is -3.70. The molecule has 5 nitrogen and oxygen atoms in total. The van der Waals surface area contributed by atoms with E-state index in [9.17, 15) is 14.7 Å². The van der Waals surface area contributed by atoms with Crippen molar-refractivity contribution in [2.24, 2.45) is 0 Å². The second kappa shape index (κ2) is 37.8. The van der Waals surface area contributed by atoms with E-state index in [1.165, 1.54) is 0 Å². The van der Waals surface area contributed by atoms with Gasteiger partial charge in [-0.3, -0.25) is 9.59 Å². The van der Waals surface area contributed by atoms with Crippen molar-refractivity contribution in [1.29, 1.82) is 0 Å². The Kier molecular flexibility index (Phi) is 34.8. The fourth-order valence-electron chi connectivity index (χ4n) is 4.10. The molecule has 0 heterocycles. The smallest absolute Gasteiger partial charge is 0.306 e. The first kappa shape index (κ1) is 44.3. The van der Waals surface area contributed by atoms with Gasteiger partial charge in [-0.25, -0.2) is 0 Å². The summed E-state index contributed by atoms with van der Waals surface area (Å²) in [6, 6.07) is 0. The molecular formula is C43H64O5. The van der Waals surface area contributed by atoms with E-state index in [4.69, 9.17) is 9.47 Å². The van der Waals surface area contributed by atoms with Gasteiger partial charge in [-0.2, -0.15) is 0 Å². The lowest BCUT2D eigenvalue weighted by Crippen LogP contribution is -2.28. The van der Waals surface area contributed by atoms with Gasteiger partial charge in [-0.05, 0) is 89.9 Å². The maximum atomic E-state index is 12.1. The summed E-state index contributed by atoms with van der Waals surface area (Å²) in [7, 11) is 0. The van der Waals surface area contributed by atoms with Crippen molar-refractivity contribution in [2.75, 3.05) is 13.2 Å². The molecule has 0 aromatic rings. The predicted molar refractivity (Wildman–Crippen MR) is 205 cm³/mol. The molecule has 0 saturated carbocycles. The fourth-order valence-corrected chi connectivity index (χ4v) is 4.10. The number of ether oxygens (including phenoxy) is 2. The molecule has 0 saturated heterocycles. The van der Waals surface area contributed by atoms with E-state index in [1.54, 1.807) is 0 Å². The molecule has 0 radical (unpaired) electrons. The Morgan fingerprint density at radius 1 is 0.479 bits per heavy atom. The first-order valence-electron chi connectivity index (χ1n) is 18.1. The topological polar surface area (TPSA) is 72.8 Å². The molecule has 0 fully saturated rings. The van der Waals surface area contributed by atoms with Crippen LogP contribution in [-0.4, -0.2) is 36.4 Å². The van der Waals surface area contributed by atoms with Gasteiger partial charge in [0.05, 0.1) is 6.61 Å². The Bertz CT molecular complexity index is 1060. The summed E-state index contributed by atoms with van der Waals surface area (Å²) in [6.07, 6.45) is 55.5. The number of rotatable bonds is 30. The van der Waals surface area contributed by atoms with Crippen LogP contribution < -0.4 is 0 Å². The largest absolute Gasteiger partial charge is 0.462 e. The van der Waals surface area contributed by atoms with Crippen molar-refractivity contribution in [3.8, 4) is 0 Å².